The average molecular weight is 241 g/mol. The molecule has 0 aliphatic rings. The van der Waals surface area contributed by atoms with Crippen LogP contribution in [0.5, 0.6) is 0 Å². The summed E-state index contributed by atoms with van der Waals surface area (Å²) < 4.78 is 16.0. The lowest BCUT2D eigenvalue weighted by Crippen LogP contribution is -2.26. The molecule has 3 nitrogen and oxygen atoms in total. The zero-order valence-corrected chi connectivity index (χ0v) is 11.5. The Bertz CT molecular complexity index is 197. The maximum atomic E-state index is 12.5. The van der Waals surface area contributed by atoms with Crippen LogP contribution in [0, 0.1) is 0 Å². The monoisotopic (exact) mass is 240 g/mol. The van der Waals surface area contributed by atoms with Crippen molar-refractivity contribution in [3.8, 4) is 0 Å². The summed E-state index contributed by atoms with van der Waals surface area (Å²) in [6.07, 6.45) is 2.52. The SMILES string of the molecule is CCCC(Cl)CP(=O)(N(C)C)N(C)C. The highest BCUT2D eigenvalue weighted by Gasteiger charge is 2.30. The van der Waals surface area contributed by atoms with Crippen LogP contribution in [0.4, 0.5) is 0 Å². The van der Waals surface area contributed by atoms with E-state index >= 15 is 0 Å². The molecular formula is C9H22ClN2OP. The standard InChI is InChI=1S/C9H22ClN2OP/c1-6-7-9(10)8-14(13,11(2)3)12(4)5/h9H,6-8H2,1-5H3. The fourth-order valence-electron chi connectivity index (χ4n) is 1.35. The number of hydrogen-bond donors (Lipinski definition) is 0. The van der Waals surface area contributed by atoms with Crippen molar-refractivity contribution < 1.29 is 4.57 Å². The zero-order chi connectivity index (χ0) is 11.4. The Morgan fingerprint density at radius 1 is 1.21 bits per heavy atom. The molecule has 0 saturated heterocycles. The van der Waals surface area contributed by atoms with E-state index in [1.54, 1.807) is 9.34 Å². The molecule has 0 spiro atoms. The van der Waals surface area contributed by atoms with E-state index in [2.05, 4.69) is 6.92 Å². The lowest BCUT2D eigenvalue weighted by Gasteiger charge is -2.31. The molecule has 0 heterocycles. The summed E-state index contributed by atoms with van der Waals surface area (Å²) in [6, 6.07) is 0. The van der Waals surface area contributed by atoms with Crippen LogP contribution in [-0.4, -0.2) is 49.1 Å². The van der Waals surface area contributed by atoms with Gasteiger partial charge in [0.25, 0.3) is 0 Å². The van der Waals surface area contributed by atoms with E-state index in [0.29, 0.717) is 6.16 Å². The molecule has 0 bridgehead atoms. The van der Waals surface area contributed by atoms with Crippen LogP contribution < -0.4 is 0 Å². The Hall–Kier alpha value is 0.440. The third-order valence-electron chi connectivity index (χ3n) is 2.29. The maximum Gasteiger partial charge on any atom is 0.216 e. The van der Waals surface area contributed by atoms with Crippen molar-refractivity contribution in [2.45, 2.75) is 25.1 Å². The van der Waals surface area contributed by atoms with Crippen LogP contribution in [0.25, 0.3) is 0 Å². The van der Waals surface area contributed by atoms with Crippen LogP contribution in [-0.2, 0) is 4.57 Å². The van der Waals surface area contributed by atoms with E-state index in [-0.39, 0.29) is 5.38 Å². The van der Waals surface area contributed by atoms with Crippen molar-refractivity contribution in [1.29, 1.82) is 0 Å². The van der Waals surface area contributed by atoms with Crippen molar-refractivity contribution in [3.63, 3.8) is 0 Å². The topological polar surface area (TPSA) is 23.6 Å². The van der Waals surface area contributed by atoms with Crippen molar-refractivity contribution in [1.82, 2.24) is 9.34 Å². The Balaban J connectivity index is 4.46. The minimum absolute atomic E-state index is 0.00985. The second-order valence-electron chi connectivity index (χ2n) is 3.93. The first-order valence-corrected chi connectivity index (χ1v) is 7.16. The van der Waals surface area contributed by atoms with E-state index in [1.807, 2.05) is 28.2 Å². The van der Waals surface area contributed by atoms with Crippen molar-refractivity contribution >= 4 is 19.0 Å². The fraction of sp³-hybridized carbons (Fsp3) is 1.00. The van der Waals surface area contributed by atoms with Gasteiger partial charge < -0.3 is 0 Å². The quantitative estimate of drug-likeness (QED) is 0.527. The van der Waals surface area contributed by atoms with Gasteiger partial charge in [0.1, 0.15) is 0 Å². The van der Waals surface area contributed by atoms with Crippen molar-refractivity contribution in [2.24, 2.45) is 0 Å². The molecule has 0 aromatic heterocycles. The van der Waals surface area contributed by atoms with E-state index in [4.69, 9.17) is 11.6 Å². The molecular weight excluding hydrogens is 219 g/mol. The zero-order valence-electron chi connectivity index (χ0n) is 9.83. The van der Waals surface area contributed by atoms with Gasteiger partial charge in [-0.25, -0.2) is 9.34 Å². The third-order valence-corrected chi connectivity index (χ3v) is 6.29. The fourth-order valence-corrected chi connectivity index (χ4v) is 4.17. The minimum Gasteiger partial charge on any atom is -0.289 e. The summed E-state index contributed by atoms with van der Waals surface area (Å²) in [6.45, 7) is 2.09. The van der Waals surface area contributed by atoms with Crippen LogP contribution >= 0.6 is 19.0 Å². The van der Waals surface area contributed by atoms with Crippen molar-refractivity contribution in [2.75, 3.05) is 34.4 Å². The van der Waals surface area contributed by atoms with Gasteiger partial charge in [0.15, 0.2) is 0 Å². The van der Waals surface area contributed by atoms with Gasteiger partial charge in [-0.3, -0.25) is 4.57 Å². The molecule has 1 unspecified atom stereocenters. The summed E-state index contributed by atoms with van der Waals surface area (Å²) in [5, 5.41) is 0.00985. The largest absolute Gasteiger partial charge is 0.289 e. The summed E-state index contributed by atoms with van der Waals surface area (Å²) in [5.41, 5.74) is 0. The highest BCUT2D eigenvalue weighted by atomic mass is 35.5. The highest BCUT2D eigenvalue weighted by Crippen LogP contribution is 2.50. The molecule has 0 rings (SSSR count). The van der Waals surface area contributed by atoms with Gasteiger partial charge >= 0.3 is 0 Å². The van der Waals surface area contributed by atoms with Crippen molar-refractivity contribution in [3.05, 3.63) is 0 Å². The van der Waals surface area contributed by atoms with Crippen LogP contribution in [0.1, 0.15) is 19.8 Å². The van der Waals surface area contributed by atoms with Gasteiger partial charge in [0.2, 0.25) is 7.44 Å². The first-order chi connectivity index (χ1) is 6.34. The van der Waals surface area contributed by atoms with Gasteiger partial charge in [-0.1, -0.05) is 13.3 Å². The van der Waals surface area contributed by atoms with E-state index in [1.165, 1.54) is 0 Å². The molecule has 0 aromatic carbocycles. The highest BCUT2D eigenvalue weighted by molar-refractivity contribution is 7.59. The van der Waals surface area contributed by atoms with Gasteiger partial charge in [-0.2, -0.15) is 0 Å². The molecule has 0 fully saturated rings. The summed E-state index contributed by atoms with van der Waals surface area (Å²) in [7, 11) is 4.96. The minimum atomic E-state index is -2.41. The molecule has 0 amide bonds. The molecule has 86 valence electrons. The number of rotatable bonds is 6. The predicted molar refractivity (Wildman–Crippen MR) is 64.4 cm³/mol. The number of alkyl halides is 1. The molecule has 0 N–H and O–H groups in total. The van der Waals surface area contributed by atoms with E-state index < -0.39 is 7.44 Å². The molecule has 0 aromatic rings. The number of nitrogens with zero attached hydrogens (tertiary/aromatic N) is 2. The van der Waals surface area contributed by atoms with Crippen LogP contribution in [0.3, 0.4) is 0 Å². The lowest BCUT2D eigenvalue weighted by molar-refractivity contribution is 0.445. The molecule has 5 heteroatoms. The number of hydrogen-bond acceptors (Lipinski definition) is 1. The van der Waals surface area contributed by atoms with Gasteiger partial charge in [-0.05, 0) is 34.6 Å². The van der Waals surface area contributed by atoms with Gasteiger partial charge in [0, 0.05) is 11.5 Å². The molecule has 0 aliphatic heterocycles. The summed E-state index contributed by atoms with van der Waals surface area (Å²) in [4.78, 5) is 0. The number of halogens is 1. The van der Waals surface area contributed by atoms with Crippen LogP contribution in [0.15, 0.2) is 0 Å². The maximum absolute atomic E-state index is 12.5. The second-order valence-corrected chi connectivity index (χ2v) is 7.84. The second kappa shape index (κ2) is 6.12. The van der Waals surface area contributed by atoms with Gasteiger partial charge in [0.05, 0.1) is 0 Å². The Morgan fingerprint density at radius 2 is 1.64 bits per heavy atom. The predicted octanol–water partition coefficient (Wildman–Crippen LogP) is 2.71. The average Bonchev–Trinajstić information content (AvgIpc) is 2.03. The third kappa shape index (κ3) is 3.90. The van der Waals surface area contributed by atoms with Gasteiger partial charge in [-0.15, -0.1) is 11.6 Å². The van der Waals surface area contributed by atoms with Crippen LogP contribution in [0.2, 0.25) is 0 Å². The normalized spacial score (nSPS) is 15.1. The molecule has 1 atom stereocenters. The Labute approximate surface area is 92.9 Å². The molecule has 0 saturated carbocycles. The smallest absolute Gasteiger partial charge is 0.216 e. The first-order valence-electron chi connectivity index (χ1n) is 4.93. The molecule has 14 heavy (non-hydrogen) atoms. The molecule has 0 radical (unpaired) electrons. The lowest BCUT2D eigenvalue weighted by atomic mass is 10.3. The first kappa shape index (κ1) is 14.4. The summed E-state index contributed by atoms with van der Waals surface area (Å²) >= 11 is 6.13. The van der Waals surface area contributed by atoms with E-state index in [9.17, 15) is 4.57 Å². The van der Waals surface area contributed by atoms with E-state index in [0.717, 1.165) is 12.8 Å². The molecule has 0 aliphatic carbocycles. The Kier molecular flexibility index (Phi) is 6.31. The Morgan fingerprint density at radius 3 is 1.93 bits per heavy atom. The summed E-state index contributed by atoms with van der Waals surface area (Å²) in [5.74, 6) is 0.